The molecule has 0 spiro atoms. The van der Waals surface area contributed by atoms with Gasteiger partial charge in [0.15, 0.2) is 5.69 Å². The largest absolute Gasteiger partial charge is 0.476 e. The number of nitrogens with one attached hydrogen (secondary N) is 1. The van der Waals surface area contributed by atoms with Gasteiger partial charge in [0.05, 0.1) is 12.1 Å². The molecule has 2 rings (SSSR count). The predicted octanol–water partition coefficient (Wildman–Crippen LogP) is 1.26. The number of aromatic nitrogens is 2. The number of pyridine rings is 1. The van der Waals surface area contributed by atoms with Gasteiger partial charge < -0.3 is 16.2 Å². The number of primary amides is 1. The molecule has 104 valence electrons. The number of hydrogen-bond acceptors (Lipinski definition) is 6. The minimum atomic E-state index is -1.07. The average molecular weight is 292 g/mol. The Morgan fingerprint density at radius 1 is 1.40 bits per heavy atom. The number of carbonyl (C=O) groups is 2. The summed E-state index contributed by atoms with van der Waals surface area (Å²) in [5.74, 6) is -1.28. The van der Waals surface area contributed by atoms with Crippen molar-refractivity contribution in [2.24, 2.45) is 5.73 Å². The summed E-state index contributed by atoms with van der Waals surface area (Å²) in [6.45, 7) is 2.07. The van der Waals surface area contributed by atoms with Gasteiger partial charge in [-0.25, -0.2) is 14.8 Å². The van der Waals surface area contributed by atoms with Gasteiger partial charge in [0, 0.05) is 11.1 Å². The highest BCUT2D eigenvalue weighted by Crippen LogP contribution is 2.16. The van der Waals surface area contributed by atoms with Gasteiger partial charge >= 0.3 is 5.97 Å². The van der Waals surface area contributed by atoms with Crippen molar-refractivity contribution in [2.75, 3.05) is 5.32 Å². The van der Waals surface area contributed by atoms with E-state index in [0.717, 1.165) is 5.69 Å². The third kappa shape index (κ3) is 3.09. The first-order chi connectivity index (χ1) is 9.47. The van der Waals surface area contributed by atoms with Crippen LogP contribution in [-0.4, -0.2) is 27.0 Å². The number of rotatable bonds is 5. The molecule has 20 heavy (non-hydrogen) atoms. The van der Waals surface area contributed by atoms with Crippen molar-refractivity contribution < 1.29 is 14.7 Å². The number of nitrogens with zero attached hydrogens (tertiary/aromatic N) is 2. The van der Waals surface area contributed by atoms with E-state index < -0.39 is 11.9 Å². The van der Waals surface area contributed by atoms with E-state index in [2.05, 4.69) is 15.3 Å². The summed E-state index contributed by atoms with van der Waals surface area (Å²) >= 11 is 1.22. The number of nitrogens with two attached hydrogens (primary N) is 1. The second-order valence-electron chi connectivity index (χ2n) is 4.00. The monoisotopic (exact) mass is 292 g/mol. The summed E-state index contributed by atoms with van der Waals surface area (Å²) in [5, 5.41) is 13.8. The molecule has 4 N–H and O–H groups in total. The number of carboxylic acid groups (broad SMARTS) is 1. The molecular weight excluding hydrogens is 280 g/mol. The van der Waals surface area contributed by atoms with E-state index in [4.69, 9.17) is 10.8 Å². The van der Waals surface area contributed by atoms with Crippen LogP contribution < -0.4 is 11.1 Å². The summed E-state index contributed by atoms with van der Waals surface area (Å²) in [6.07, 6.45) is 0. The first-order valence-corrected chi connectivity index (χ1v) is 6.54. The van der Waals surface area contributed by atoms with E-state index in [1.54, 1.807) is 19.1 Å². The van der Waals surface area contributed by atoms with E-state index in [0.29, 0.717) is 10.8 Å². The van der Waals surface area contributed by atoms with E-state index in [9.17, 15) is 9.59 Å². The first kappa shape index (κ1) is 13.9. The molecule has 0 fully saturated rings. The van der Waals surface area contributed by atoms with Gasteiger partial charge in [-0.1, -0.05) is 0 Å². The van der Waals surface area contributed by atoms with Crippen LogP contribution in [0.15, 0.2) is 17.5 Å². The first-order valence-electron chi connectivity index (χ1n) is 5.66. The van der Waals surface area contributed by atoms with Crippen LogP contribution in [0.3, 0.4) is 0 Å². The molecule has 0 atom stereocenters. The van der Waals surface area contributed by atoms with Crippen LogP contribution in [0.2, 0.25) is 0 Å². The smallest absolute Gasteiger partial charge is 0.355 e. The quantitative estimate of drug-likeness (QED) is 0.763. The van der Waals surface area contributed by atoms with Crippen LogP contribution in [0.1, 0.15) is 31.5 Å². The molecular formula is C12H12N4O3S. The molecule has 1 amide bonds. The molecule has 0 radical (unpaired) electrons. The molecule has 7 nitrogen and oxygen atoms in total. The highest BCUT2D eigenvalue weighted by atomic mass is 32.1. The Kier molecular flexibility index (Phi) is 3.94. The van der Waals surface area contributed by atoms with E-state index in [1.165, 1.54) is 16.7 Å². The molecule has 0 saturated heterocycles. The number of carbonyl (C=O) groups excluding carboxylic acids is 1. The van der Waals surface area contributed by atoms with Crippen molar-refractivity contribution in [2.45, 2.75) is 13.5 Å². The fourth-order valence-corrected chi connectivity index (χ4v) is 2.25. The number of aromatic carboxylic acids is 1. The lowest BCUT2D eigenvalue weighted by atomic mass is 10.2. The SMILES string of the molecule is Cc1ccc(C(N)=O)c(NCc2nc(C(=O)O)cs2)n1. The van der Waals surface area contributed by atoms with Crippen molar-refractivity contribution in [3.8, 4) is 0 Å². The summed E-state index contributed by atoms with van der Waals surface area (Å²) in [5.41, 5.74) is 6.29. The van der Waals surface area contributed by atoms with Crippen LogP contribution in [0.5, 0.6) is 0 Å². The zero-order valence-corrected chi connectivity index (χ0v) is 11.4. The highest BCUT2D eigenvalue weighted by molar-refractivity contribution is 7.09. The maximum Gasteiger partial charge on any atom is 0.355 e. The third-order valence-electron chi connectivity index (χ3n) is 2.48. The number of thiazole rings is 1. The number of hydrogen-bond donors (Lipinski definition) is 3. The third-order valence-corrected chi connectivity index (χ3v) is 3.33. The van der Waals surface area contributed by atoms with Gasteiger partial charge in [0.2, 0.25) is 0 Å². The minimum Gasteiger partial charge on any atom is -0.476 e. The highest BCUT2D eigenvalue weighted by Gasteiger charge is 2.12. The zero-order chi connectivity index (χ0) is 14.7. The van der Waals surface area contributed by atoms with Gasteiger partial charge in [-0.3, -0.25) is 4.79 Å². The number of amides is 1. The summed E-state index contributed by atoms with van der Waals surface area (Å²) in [4.78, 5) is 30.2. The van der Waals surface area contributed by atoms with Gasteiger partial charge in [0.25, 0.3) is 5.91 Å². The molecule has 8 heteroatoms. The molecule has 0 aromatic carbocycles. The van der Waals surface area contributed by atoms with Crippen molar-refractivity contribution in [1.82, 2.24) is 9.97 Å². The molecule has 0 saturated carbocycles. The molecule has 2 heterocycles. The van der Waals surface area contributed by atoms with Gasteiger partial charge in [-0.15, -0.1) is 11.3 Å². The van der Waals surface area contributed by atoms with E-state index in [-0.39, 0.29) is 17.8 Å². The Morgan fingerprint density at radius 2 is 2.15 bits per heavy atom. The predicted molar refractivity (Wildman–Crippen MR) is 73.9 cm³/mol. The fraction of sp³-hybridized carbons (Fsp3) is 0.167. The second kappa shape index (κ2) is 5.66. The molecule has 0 bridgehead atoms. The van der Waals surface area contributed by atoms with Crippen LogP contribution in [-0.2, 0) is 6.54 Å². The van der Waals surface area contributed by atoms with Crippen LogP contribution in [0.25, 0.3) is 0 Å². The maximum atomic E-state index is 11.3. The summed E-state index contributed by atoms with van der Waals surface area (Å²) in [6, 6.07) is 3.29. The summed E-state index contributed by atoms with van der Waals surface area (Å²) < 4.78 is 0. The van der Waals surface area contributed by atoms with Crippen molar-refractivity contribution in [1.29, 1.82) is 0 Å². The maximum absolute atomic E-state index is 11.3. The Morgan fingerprint density at radius 3 is 2.75 bits per heavy atom. The Bertz CT molecular complexity index is 668. The summed E-state index contributed by atoms with van der Waals surface area (Å²) in [7, 11) is 0. The van der Waals surface area contributed by atoms with Crippen LogP contribution in [0.4, 0.5) is 5.82 Å². The van der Waals surface area contributed by atoms with Gasteiger partial charge in [0.1, 0.15) is 10.8 Å². The normalized spacial score (nSPS) is 10.2. The van der Waals surface area contributed by atoms with Crippen molar-refractivity contribution in [3.05, 3.63) is 39.5 Å². The lowest BCUT2D eigenvalue weighted by Crippen LogP contribution is -2.16. The Balaban J connectivity index is 2.15. The minimum absolute atomic E-state index is 0.000809. The molecule has 0 aliphatic heterocycles. The standard InChI is InChI=1S/C12H12N4O3S/c1-6-2-3-7(10(13)17)11(15-6)14-4-9-16-8(5-20-9)12(18)19/h2-3,5H,4H2,1H3,(H2,13,17)(H,14,15)(H,18,19). The molecule has 2 aromatic rings. The molecule has 0 aliphatic carbocycles. The van der Waals surface area contributed by atoms with Crippen LogP contribution in [0, 0.1) is 6.92 Å². The van der Waals surface area contributed by atoms with Crippen molar-refractivity contribution >= 4 is 29.0 Å². The zero-order valence-electron chi connectivity index (χ0n) is 10.6. The topological polar surface area (TPSA) is 118 Å². The lowest BCUT2D eigenvalue weighted by molar-refractivity contribution is 0.0691. The van der Waals surface area contributed by atoms with Crippen molar-refractivity contribution in [3.63, 3.8) is 0 Å². The number of carboxylic acids is 1. The molecule has 0 unspecified atom stereocenters. The second-order valence-corrected chi connectivity index (χ2v) is 4.94. The Hall–Kier alpha value is -2.48. The van der Waals surface area contributed by atoms with E-state index >= 15 is 0 Å². The number of aryl methyl sites for hydroxylation is 1. The lowest BCUT2D eigenvalue weighted by Gasteiger charge is -2.08. The van der Waals surface area contributed by atoms with Gasteiger partial charge in [-0.05, 0) is 19.1 Å². The molecule has 2 aromatic heterocycles. The molecule has 0 aliphatic rings. The van der Waals surface area contributed by atoms with Gasteiger partial charge in [-0.2, -0.15) is 0 Å². The fourth-order valence-electron chi connectivity index (χ4n) is 1.54. The average Bonchev–Trinajstić information content (AvgIpc) is 2.85. The van der Waals surface area contributed by atoms with E-state index in [1.807, 2.05) is 0 Å². The Labute approximate surface area is 118 Å². The van der Waals surface area contributed by atoms with Crippen LogP contribution >= 0.6 is 11.3 Å². The number of anilines is 1.